The molecule has 4 fully saturated rings. The molecule has 1 aliphatic heterocycles. The van der Waals surface area contributed by atoms with Gasteiger partial charge in [0.05, 0.1) is 43.6 Å². The lowest BCUT2D eigenvalue weighted by Gasteiger charge is -2.35. The fraction of sp³-hybridized carbons (Fsp3) is 0.590. The molecule has 2 aromatic carbocycles. The lowest BCUT2D eigenvalue weighted by Crippen LogP contribution is -2.48. The van der Waals surface area contributed by atoms with E-state index in [0.29, 0.717) is 24.3 Å². The van der Waals surface area contributed by atoms with E-state index in [-0.39, 0.29) is 44.2 Å². The molecule has 13 heteroatoms. The summed E-state index contributed by atoms with van der Waals surface area (Å²) in [5.74, 6) is -2.03. The van der Waals surface area contributed by atoms with E-state index in [9.17, 15) is 27.6 Å². The van der Waals surface area contributed by atoms with Gasteiger partial charge in [-0.15, -0.1) is 6.58 Å². The van der Waals surface area contributed by atoms with Crippen LogP contribution in [-0.2, 0) is 38.4 Å². The normalized spacial score (nSPS) is 25.4. The summed E-state index contributed by atoms with van der Waals surface area (Å²) in [4.78, 5) is 57.2. The zero-order valence-electron chi connectivity index (χ0n) is 30.4. The number of fused-ring (bicyclic) bond motifs is 1. The lowest BCUT2D eigenvalue weighted by atomic mass is 9.77. The Balaban J connectivity index is 1.26. The van der Waals surface area contributed by atoms with Gasteiger partial charge in [-0.3, -0.25) is 23.4 Å². The first-order valence-electron chi connectivity index (χ1n) is 18.3. The first kappa shape index (κ1) is 37.8. The molecule has 1 saturated heterocycles. The third-order valence-corrected chi connectivity index (χ3v) is 11.9. The summed E-state index contributed by atoms with van der Waals surface area (Å²) in [5.41, 5.74) is -2.01. The number of esters is 1. The first-order chi connectivity index (χ1) is 24.6. The maximum Gasteiger partial charge on any atom is 0.362 e. The smallest absolute Gasteiger partial charge is 0.362 e. The Bertz CT molecular complexity index is 1830. The van der Waals surface area contributed by atoms with Gasteiger partial charge < -0.3 is 19.1 Å². The number of allylic oxidation sites excluding steroid dienone is 1. The second kappa shape index (κ2) is 14.8. The summed E-state index contributed by atoms with van der Waals surface area (Å²) < 4.78 is 49.9. The number of carbonyl (C=O) groups is 4. The van der Waals surface area contributed by atoms with Crippen LogP contribution in [-0.4, -0.2) is 74.9 Å². The quantitative estimate of drug-likeness (QED) is 0.185. The zero-order valence-corrected chi connectivity index (χ0v) is 31.2. The number of nitrogens with zero attached hydrogens (tertiary/aromatic N) is 1. The van der Waals surface area contributed by atoms with Crippen LogP contribution in [0.25, 0.3) is 10.8 Å². The minimum absolute atomic E-state index is 0.0692. The summed E-state index contributed by atoms with van der Waals surface area (Å²) in [6.07, 6.45) is 5.02. The molecule has 52 heavy (non-hydrogen) atoms. The van der Waals surface area contributed by atoms with Crippen molar-refractivity contribution in [1.29, 1.82) is 0 Å². The Morgan fingerprint density at radius 3 is 2.40 bits per heavy atom. The predicted octanol–water partition coefficient (Wildman–Crippen LogP) is 5.43. The second-order valence-corrected chi connectivity index (χ2v) is 17.2. The topological polar surface area (TPSA) is 155 Å². The summed E-state index contributed by atoms with van der Waals surface area (Å²) in [6.45, 7) is 9.52. The molecule has 0 aromatic heterocycles. The van der Waals surface area contributed by atoms with Gasteiger partial charge in [0.1, 0.15) is 23.7 Å². The summed E-state index contributed by atoms with van der Waals surface area (Å²) in [7, 11) is -2.77. The van der Waals surface area contributed by atoms with Crippen LogP contribution in [0.15, 0.2) is 49.1 Å². The molecule has 3 saturated carbocycles. The Kier molecular flexibility index (Phi) is 10.8. The van der Waals surface area contributed by atoms with Gasteiger partial charge in [0, 0.05) is 18.2 Å². The van der Waals surface area contributed by atoms with Gasteiger partial charge in [-0.1, -0.05) is 39.0 Å². The number of methoxy groups -OCH3 is 1. The average molecular weight is 739 g/mol. The van der Waals surface area contributed by atoms with Gasteiger partial charge >= 0.3 is 16.3 Å². The number of likely N-dealkylation sites (tertiary alicyclic amines) is 1. The van der Waals surface area contributed by atoms with Crippen LogP contribution in [0.5, 0.6) is 11.5 Å². The highest BCUT2D eigenvalue weighted by Gasteiger charge is 2.61. The molecule has 0 bridgehead atoms. The van der Waals surface area contributed by atoms with E-state index in [4.69, 9.17) is 18.4 Å². The third kappa shape index (κ3) is 8.46. The number of nitrogens with one attached hydrogen (secondary N) is 1. The van der Waals surface area contributed by atoms with Gasteiger partial charge in [0.25, 0.3) is 0 Å². The Labute approximate surface area is 305 Å². The van der Waals surface area contributed by atoms with Gasteiger partial charge in [-0.2, -0.15) is 8.42 Å². The number of carbonyl (C=O) groups excluding carboxylic acids is 4. The zero-order chi connectivity index (χ0) is 37.4. The molecule has 12 nitrogen and oxygen atoms in total. The van der Waals surface area contributed by atoms with Gasteiger partial charge in [-0.05, 0) is 85.9 Å². The number of ketones is 1. The highest BCUT2D eigenvalue weighted by Crippen LogP contribution is 2.57. The summed E-state index contributed by atoms with van der Waals surface area (Å²) in [5, 5.41) is 1.72. The van der Waals surface area contributed by atoms with Crippen molar-refractivity contribution < 1.29 is 46.0 Å². The van der Waals surface area contributed by atoms with Crippen molar-refractivity contribution >= 4 is 44.6 Å². The van der Waals surface area contributed by atoms with Crippen molar-refractivity contribution in [3.05, 3.63) is 49.1 Å². The molecule has 5 atom stereocenters. The van der Waals surface area contributed by atoms with Crippen LogP contribution in [0.1, 0.15) is 85.0 Å². The molecule has 6 rings (SSSR count). The average Bonchev–Trinajstić information content (AvgIpc) is 3.92. The fourth-order valence-corrected chi connectivity index (χ4v) is 8.67. The molecule has 2 aromatic rings. The standard InChI is InChI=1S/C39H50N2O10S/c1-6-25-21-39(25,37(45)40-52(46,47)51-27-14-15-27)22-33(42)32-19-29(49-34-13-9-10-24-18-28(48-5)16-17-30(24)34)23-41(32)36(44)31(38(2,3)4)20-35(43)50-26-11-7-8-12-26/h6,9-10,13,16-18,25-27,29,31-32H,1,7-8,11-12,14-15,19-23H2,2-5H3,(H,40,45)/t25-,29-,31-,32+,39-/m1/s1. The van der Waals surface area contributed by atoms with E-state index in [2.05, 4.69) is 6.58 Å². The van der Waals surface area contributed by atoms with E-state index in [1.165, 1.54) is 4.90 Å². The molecule has 1 N–H and O–H groups in total. The molecule has 0 radical (unpaired) electrons. The summed E-state index contributed by atoms with van der Waals surface area (Å²) in [6, 6.07) is 10.2. The highest BCUT2D eigenvalue weighted by atomic mass is 32.2. The van der Waals surface area contributed by atoms with Crippen LogP contribution in [0.2, 0.25) is 0 Å². The largest absolute Gasteiger partial charge is 0.497 e. The number of hydrogen-bond acceptors (Lipinski definition) is 10. The van der Waals surface area contributed by atoms with Crippen LogP contribution < -0.4 is 14.2 Å². The number of Topliss-reactive ketones (excluding diaryl/α,β-unsaturated/α-hetero) is 1. The summed E-state index contributed by atoms with van der Waals surface area (Å²) >= 11 is 0. The Morgan fingerprint density at radius 1 is 1.04 bits per heavy atom. The third-order valence-electron chi connectivity index (χ3n) is 10.9. The Hall–Kier alpha value is -3.97. The first-order valence-corrected chi connectivity index (χ1v) is 19.7. The van der Waals surface area contributed by atoms with E-state index in [0.717, 1.165) is 36.5 Å². The number of hydrogen-bond donors (Lipinski definition) is 1. The van der Waals surface area contributed by atoms with Crippen molar-refractivity contribution in [3.63, 3.8) is 0 Å². The monoisotopic (exact) mass is 738 g/mol. The molecule has 2 amide bonds. The molecule has 3 aliphatic carbocycles. The molecule has 282 valence electrons. The predicted molar refractivity (Wildman–Crippen MR) is 192 cm³/mol. The van der Waals surface area contributed by atoms with Gasteiger partial charge in [-0.25, -0.2) is 4.72 Å². The van der Waals surface area contributed by atoms with Gasteiger partial charge in [0.2, 0.25) is 11.8 Å². The van der Waals surface area contributed by atoms with Crippen molar-refractivity contribution in [3.8, 4) is 11.5 Å². The highest BCUT2D eigenvalue weighted by molar-refractivity contribution is 7.85. The number of ether oxygens (including phenoxy) is 3. The maximum absolute atomic E-state index is 14.6. The second-order valence-electron chi connectivity index (χ2n) is 15.9. The maximum atomic E-state index is 14.6. The molecular formula is C39H50N2O10S. The van der Waals surface area contributed by atoms with Crippen LogP contribution in [0.4, 0.5) is 0 Å². The molecular weight excluding hydrogens is 689 g/mol. The van der Waals surface area contributed by atoms with Crippen molar-refractivity contribution in [2.24, 2.45) is 22.7 Å². The van der Waals surface area contributed by atoms with E-state index in [1.54, 1.807) is 13.2 Å². The lowest BCUT2D eigenvalue weighted by molar-refractivity contribution is -0.156. The van der Waals surface area contributed by atoms with Crippen molar-refractivity contribution in [2.75, 3.05) is 13.7 Å². The van der Waals surface area contributed by atoms with E-state index in [1.807, 2.05) is 61.9 Å². The van der Waals surface area contributed by atoms with Crippen LogP contribution in [0, 0.1) is 22.7 Å². The number of amides is 2. The van der Waals surface area contributed by atoms with E-state index < -0.39 is 68.9 Å². The minimum atomic E-state index is -4.37. The van der Waals surface area contributed by atoms with Crippen LogP contribution >= 0.6 is 0 Å². The van der Waals surface area contributed by atoms with Crippen molar-refractivity contribution in [2.45, 2.75) is 109 Å². The minimum Gasteiger partial charge on any atom is -0.497 e. The molecule has 1 heterocycles. The fourth-order valence-electron chi connectivity index (χ4n) is 7.64. The van der Waals surface area contributed by atoms with Crippen LogP contribution in [0.3, 0.4) is 0 Å². The molecule has 4 aliphatic rings. The molecule has 0 unspecified atom stereocenters. The number of rotatable bonds is 15. The van der Waals surface area contributed by atoms with E-state index >= 15 is 0 Å². The number of benzene rings is 2. The Morgan fingerprint density at radius 2 is 1.77 bits per heavy atom. The van der Waals surface area contributed by atoms with Crippen molar-refractivity contribution in [1.82, 2.24) is 9.62 Å². The van der Waals surface area contributed by atoms with Gasteiger partial charge in [0.15, 0.2) is 5.78 Å². The molecule has 0 spiro atoms. The SMILES string of the molecule is C=C[C@@H]1C[C@]1(CC(=O)[C@@H]1C[C@@H](Oc2cccc3cc(OC)ccc23)CN1C(=O)[C@@H](CC(=O)OC1CCCC1)C(C)(C)C)C(=O)NS(=O)(=O)OC1CC1.